The molecule has 5 heteroatoms. The molecule has 4 nitrogen and oxygen atoms in total. The van der Waals surface area contributed by atoms with Crippen molar-refractivity contribution in [3.63, 3.8) is 0 Å². The van der Waals surface area contributed by atoms with Crippen LogP contribution in [-0.4, -0.2) is 19.4 Å². The minimum Gasteiger partial charge on any atom is -0.465 e. The van der Waals surface area contributed by atoms with Gasteiger partial charge in [0.15, 0.2) is 12.0 Å². The maximum atomic E-state index is 11.4. The first-order valence-electron chi connectivity index (χ1n) is 5.09. The Labute approximate surface area is 112 Å². The van der Waals surface area contributed by atoms with E-state index in [4.69, 9.17) is 4.42 Å². The van der Waals surface area contributed by atoms with E-state index in [9.17, 15) is 9.59 Å². The number of hydrogen-bond donors (Lipinski definition) is 0. The van der Waals surface area contributed by atoms with E-state index in [0.717, 1.165) is 4.47 Å². The molecule has 0 saturated heterocycles. The number of hydrogen-bond acceptors (Lipinski definition) is 4. The van der Waals surface area contributed by atoms with Gasteiger partial charge in [-0.05, 0) is 30.3 Å². The molecule has 0 radical (unpaired) electrons. The fourth-order valence-corrected chi connectivity index (χ4v) is 1.96. The third kappa shape index (κ3) is 2.36. The summed E-state index contributed by atoms with van der Waals surface area (Å²) < 4.78 is 10.7. The van der Waals surface area contributed by atoms with Crippen molar-refractivity contribution in [2.24, 2.45) is 0 Å². The van der Waals surface area contributed by atoms with Crippen molar-refractivity contribution in [2.45, 2.75) is 0 Å². The van der Waals surface area contributed by atoms with E-state index >= 15 is 0 Å². The number of halogens is 1. The Bertz CT molecular complexity index is 601. The smallest absolute Gasteiger partial charge is 0.337 e. The molecule has 1 heterocycles. The highest BCUT2D eigenvalue weighted by Crippen LogP contribution is 2.30. The van der Waals surface area contributed by atoms with Crippen molar-refractivity contribution in [1.29, 1.82) is 0 Å². The topological polar surface area (TPSA) is 56.5 Å². The van der Waals surface area contributed by atoms with Crippen molar-refractivity contribution < 1.29 is 18.7 Å². The number of esters is 1. The normalized spacial score (nSPS) is 10.1. The van der Waals surface area contributed by atoms with Crippen LogP contribution in [-0.2, 0) is 4.74 Å². The molecular weight excluding hydrogens is 300 g/mol. The average Bonchev–Trinajstić information content (AvgIpc) is 2.87. The molecule has 18 heavy (non-hydrogen) atoms. The largest absolute Gasteiger partial charge is 0.465 e. The van der Waals surface area contributed by atoms with Crippen LogP contribution in [0.15, 0.2) is 39.2 Å². The Morgan fingerprint density at radius 2 is 2.11 bits per heavy atom. The summed E-state index contributed by atoms with van der Waals surface area (Å²) in [6, 6.07) is 8.25. The van der Waals surface area contributed by atoms with Gasteiger partial charge in [-0.2, -0.15) is 0 Å². The monoisotopic (exact) mass is 308 g/mol. The molecule has 0 spiro atoms. The second-order valence-corrected chi connectivity index (χ2v) is 4.36. The molecule has 0 bridgehead atoms. The second-order valence-electron chi connectivity index (χ2n) is 3.51. The average molecular weight is 309 g/mol. The molecule has 2 aromatic rings. The molecule has 1 aromatic carbocycles. The molecule has 0 aliphatic heterocycles. The van der Waals surface area contributed by atoms with Crippen molar-refractivity contribution in [3.05, 3.63) is 46.1 Å². The van der Waals surface area contributed by atoms with Gasteiger partial charge in [-0.3, -0.25) is 4.79 Å². The van der Waals surface area contributed by atoms with Gasteiger partial charge in [0.25, 0.3) is 0 Å². The molecule has 0 atom stereocenters. The van der Waals surface area contributed by atoms with Crippen LogP contribution in [0, 0.1) is 0 Å². The lowest BCUT2D eigenvalue weighted by molar-refractivity contribution is 0.0600. The fraction of sp³-hybridized carbons (Fsp3) is 0.0769. The van der Waals surface area contributed by atoms with Crippen molar-refractivity contribution in [1.82, 2.24) is 0 Å². The Morgan fingerprint density at radius 3 is 2.72 bits per heavy atom. The van der Waals surface area contributed by atoms with Crippen LogP contribution < -0.4 is 0 Å². The Hall–Kier alpha value is -1.88. The van der Waals surface area contributed by atoms with E-state index in [1.54, 1.807) is 30.3 Å². The number of carbonyl (C=O) groups excluding carboxylic acids is 2. The molecule has 0 fully saturated rings. The van der Waals surface area contributed by atoms with E-state index in [-0.39, 0.29) is 5.76 Å². The molecule has 92 valence electrons. The lowest BCUT2D eigenvalue weighted by atomic mass is 10.1. The number of carbonyl (C=O) groups is 2. The van der Waals surface area contributed by atoms with Gasteiger partial charge in [-0.1, -0.05) is 15.9 Å². The Kier molecular flexibility index (Phi) is 3.62. The summed E-state index contributed by atoms with van der Waals surface area (Å²) >= 11 is 3.37. The van der Waals surface area contributed by atoms with Crippen molar-refractivity contribution >= 4 is 28.2 Å². The fourth-order valence-electron chi connectivity index (χ4n) is 1.52. The summed E-state index contributed by atoms with van der Waals surface area (Å²) in [5.74, 6) is 0.320. The first kappa shape index (κ1) is 12.6. The van der Waals surface area contributed by atoms with Gasteiger partial charge in [0.1, 0.15) is 5.76 Å². The standard InChI is InChI=1S/C13H9BrO4/c1-17-13(16)8-2-4-11(14)10(6-8)12-5-3-9(7-15)18-12/h2-7H,1H3. The number of ether oxygens (including phenoxy) is 1. The Morgan fingerprint density at radius 1 is 1.33 bits per heavy atom. The molecule has 1 aromatic heterocycles. The highest BCUT2D eigenvalue weighted by Gasteiger charge is 2.12. The number of methoxy groups -OCH3 is 1. The van der Waals surface area contributed by atoms with Gasteiger partial charge in [0, 0.05) is 10.0 Å². The van der Waals surface area contributed by atoms with Gasteiger partial charge in [0.05, 0.1) is 12.7 Å². The molecule has 2 rings (SSSR count). The molecule has 0 saturated carbocycles. The third-order valence-corrected chi connectivity index (χ3v) is 3.09. The second kappa shape index (κ2) is 5.18. The molecular formula is C13H9BrO4. The summed E-state index contributed by atoms with van der Waals surface area (Å²) in [4.78, 5) is 22.0. The maximum absolute atomic E-state index is 11.4. The highest BCUT2D eigenvalue weighted by molar-refractivity contribution is 9.10. The number of aldehydes is 1. The van der Waals surface area contributed by atoms with E-state index in [0.29, 0.717) is 23.2 Å². The first-order chi connectivity index (χ1) is 8.65. The Balaban J connectivity index is 2.49. The summed E-state index contributed by atoms with van der Waals surface area (Å²) in [6.07, 6.45) is 0.627. The molecule has 0 N–H and O–H groups in total. The van der Waals surface area contributed by atoms with Gasteiger partial charge < -0.3 is 9.15 Å². The van der Waals surface area contributed by atoms with Gasteiger partial charge in [0.2, 0.25) is 0 Å². The molecule has 0 amide bonds. The van der Waals surface area contributed by atoms with E-state index in [2.05, 4.69) is 20.7 Å². The zero-order valence-electron chi connectivity index (χ0n) is 9.48. The van der Waals surface area contributed by atoms with Crippen LogP contribution >= 0.6 is 15.9 Å². The van der Waals surface area contributed by atoms with Gasteiger partial charge in [-0.15, -0.1) is 0 Å². The van der Waals surface area contributed by atoms with E-state index in [1.165, 1.54) is 7.11 Å². The summed E-state index contributed by atoms with van der Waals surface area (Å²) in [5.41, 5.74) is 1.10. The third-order valence-electron chi connectivity index (χ3n) is 2.40. The van der Waals surface area contributed by atoms with Crippen molar-refractivity contribution in [2.75, 3.05) is 7.11 Å². The summed E-state index contributed by atoms with van der Waals surface area (Å²) in [7, 11) is 1.32. The van der Waals surface area contributed by atoms with Crippen LogP contribution in [0.1, 0.15) is 20.9 Å². The van der Waals surface area contributed by atoms with Crippen LogP contribution in [0.3, 0.4) is 0 Å². The zero-order valence-corrected chi connectivity index (χ0v) is 11.1. The van der Waals surface area contributed by atoms with Crippen LogP contribution in [0.2, 0.25) is 0 Å². The minimum absolute atomic E-state index is 0.236. The molecule has 0 aliphatic rings. The predicted molar refractivity (Wildman–Crippen MR) is 68.6 cm³/mol. The predicted octanol–water partition coefficient (Wildman–Crippen LogP) is 3.31. The van der Waals surface area contributed by atoms with E-state index < -0.39 is 5.97 Å². The number of furan rings is 1. The maximum Gasteiger partial charge on any atom is 0.337 e. The lowest BCUT2D eigenvalue weighted by Crippen LogP contribution is -2.01. The SMILES string of the molecule is COC(=O)c1ccc(Br)c(-c2ccc(C=O)o2)c1. The minimum atomic E-state index is -0.425. The van der Waals surface area contributed by atoms with E-state index in [1.807, 2.05) is 0 Å². The van der Waals surface area contributed by atoms with Crippen LogP contribution in [0.25, 0.3) is 11.3 Å². The van der Waals surface area contributed by atoms with Crippen molar-refractivity contribution in [3.8, 4) is 11.3 Å². The number of rotatable bonds is 3. The van der Waals surface area contributed by atoms with Crippen LogP contribution in [0.4, 0.5) is 0 Å². The summed E-state index contributed by atoms with van der Waals surface area (Å²) in [5, 5.41) is 0. The summed E-state index contributed by atoms with van der Waals surface area (Å²) in [6.45, 7) is 0. The number of benzene rings is 1. The molecule has 0 aliphatic carbocycles. The first-order valence-corrected chi connectivity index (χ1v) is 5.88. The molecule has 0 unspecified atom stereocenters. The highest BCUT2D eigenvalue weighted by atomic mass is 79.9. The quantitative estimate of drug-likeness (QED) is 0.645. The zero-order chi connectivity index (χ0) is 13.1. The lowest BCUT2D eigenvalue weighted by Gasteiger charge is -2.04. The van der Waals surface area contributed by atoms with Gasteiger partial charge >= 0.3 is 5.97 Å². The van der Waals surface area contributed by atoms with Gasteiger partial charge in [-0.25, -0.2) is 4.79 Å². The van der Waals surface area contributed by atoms with Crippen LogP contribution in [0.5, 0.6) is 0 Å².